The van der Waals surface area contributed by atoms with E-state index in [1.165, 1.54) is 48.5 Å². The van der Waals surface area contributed by atoms with Gasteiger partial charge < -0.3 is 13.7 Å². The molecule has 0 atom stereocenters. The lowest BCUT2D eigenvalue weighted by Gasteiger charge is -2.08. The first-order chi connectivity index (χ1) is 9.92. The van der Waals surface area contributed by atoms with Crippen molar-refractivity contribution < 1.29 is 30.4 Å². The van der Waals surface area contributed by atoms with Gasteiger partial charge in [0, 0.05) is 0 Å². The van der Waals surface area contributed by atoms with Gasteiger partial charge in [0.2, 0.25) is 6.79 Å². The van der Waals surface area contributed by atoms with Gasteiger partial charge in [-0.05, 0) is 48.5 Å². The SMILES string of the molecule is O=S(=O)(F)Oc1ccc(OCOc2ccc(F)cc2)cc1. The van der Waals surface area contributed by atoms with E-state index in [0.29, 0.717) is 11.5 Å². The molecule has 0 radical (unpaired) electrons. The fourth-order valence-electron chi connectivity index (χ4n) is 1.40. The smallest absolute Gasteiger partial charge is 0.457 e. The van der Waals surface area contributed by atoms with Crippen molar-refractivity contribution >= 4 is 10.5 Å². The molecule has 0 aromatic heterocycles. The molecule has 2 rings (SSSR count). The zero-order valence-corrected chi connectivity index (χ0v) is 11.3. The topological polar surface area (TPSA) is 61.8 Å². The molecule has 0 saturated carbocycles. The van der Waals surface area contributed by atoms with Crippen molar-refractivity contribution in [3.05, 3.63) is 54.3 Å². The first-order valence-corrected chi connectivity index (χ1v) is 6.98. The predicted molar refractivity (Wildman–Crippen MR) is 69.6 cm³/mol. The Hall–Kier alpha value is -2.35. The monoisotopic (exact) mass is 316 g/mol. The largest absolute Gasteiger partial charge is 0.488 e. The van der Waals surface area contributed by atoms with Gasteiger partial charge in [-0.25, -0.2) is 4.39 Å². The second kappa shape index (κ2) is 6.40. The maximum absolute atomic E-state index is 12.7. The van der Waals surface area contributed by atoms with Crippen molar-refractivity contribution in [2.45, 2.75) is 0 Å². The van der Waals surface area contributed by atoms with E-state index in [0.717, 1.165) is 0 Å². The molecule has 112 valence electrons. The normalized spacial score (nSPS) is 11.0. The van der Waals surface area contributed by atoms with Gasteiger partial charge in [-0.15, -0.1) is 0 Å². The Labute approximate surface area is 120 Å². The Morgan fingerprint density at radius 3 is 1.71 bits per heavy atom. The lowest BCUT2D eigenvalue weighted by atomic mass is 10.3. The summed E-state index contributed by atoms with van der Waals surface area (Å²) in [7, 11) is -5.04. The van der Waals surface area contributed by atoms with Crippen LogP contribution in [0.15, 0.2) is 48.5 Å². The number of halogens is 2. The zero-order chi connectivity index (χ0) is 15.3. The molecule has 0 fully saturated rings. The minimum Gasteiger partial charge on any atom is -0.457 e. The van der Waals surface area contributed by atoms with E-state index in [9.17, 15) is 16.7 Å². The molecule has 0 aliphatic rings. The van der Waals surface area contributed by atoms with Crippen LogP contribution in [-0.2, 0) is 10.5 Å². The molecule has 21 heavy (non-hydrogen) atoms. The summed E-state index contributed by atoms with van der Waals surface area (Å²) in [5.74, 6) is 0.242. The maximum Gasteiger partial charge on any atom is 0.488 e. The van der Waals surface area contributed by atoms with Crippen LogP contribution in [0.5, 0.6) is 17.2 Å². The molecule has 0 aliphatic heterocycles. The zero-order valence-electron chi connectivity index (χ0n) is 10.5. The number of rotatable bonds is 6. The van der Waals surface area contributed by atoms with Gasteiger partial charge >= 0.3 is 10.5 Å². The third kappa shape index (κ3) is 5.27. The highest BCUT2D eigenvalue weighted by molar-refractivity contribution is 7.81. The minimum absolute atomic E-state index is 0.132. The molecular weight excluding hydrogens is 306 g/mol. The van der Waals surface area contributed by atoms with E-state index >= 15 is 0 Å². The number of hydrogen-bond donors (Lipinski definition) is 0. The van der Waals surface area contributed by atoms with Crippen LogP contribution in [-0.4, -0.2) is 15.2 Å². The second-order valence-electron chi connectivity index (χ2n) is 3.81. The van der Waals surface area contributed by atoms with Crippen molar-refractivity contribution in [3.63, 3.8) is 0 Å². The molecule has 0 heterocycles. The van der Waals surface area contributed by atoms with Crippen LogP contribution < -0.4 is 13.7 Å². The average Bonchev–Trinajstić information content (AvgIpc) is 2.41. The molecule has 8 heteroatoms. The van der Waals surface area contributed by atoms with E-state index < -0.39 is 10.5 Å². The third-order valence-corrected chi connectivity index (χ3v) is 2.68. The summed E-state index contributed by atoms with van der Waals surface area (Å²) in [4.78, 5) is 0. The van der Waals surface area contributed by atoms with Crippen molar-refractivity contribution in [2.75, 3.05) is 6.79 Å². The first-order valence-electron chi connectivity index (χ1n) is 5.68. The fourth-order valence-corrected chi connectivity index (χ4v) is 1.74. The van der Waals surface area contributed by atoms with Crippen molar-refractivity contribution in [1.82, 2.24) is 0 Å². The van der Waals surface area contributed by atoms with Gasteiger partial charge in [-0.2, -0.15) is 8.42 Å². The average molecular weight is 316 g/mol. The van der Waals surface area contributed by atoms with Crippen LogP contribution in [0, 0.1) is 5.82 Å². The van der Waals surface area contributed by atoms with E-state index in [1.807, 2.05) is 0 Å². The quantitative estimate of drug-likeness (QED) is 0.606. The second-order valence-corrected chi connectivity index (χ2v) is 4.76. The molecular formula is C13H10F2O5S. The number of ether oxygens (including phenoxy) is 2. The molecule has 0 amide bonds. The van der Waals surface area contributed by atoms with E-state index in [2.05, 4.69) is 4.18 Å². The summed E-state index contributed by atoms with van der Waals surface area (Å²) in [6, 6.07) is 10.6. The summed E-state index contributed by atoms with van der Waals surface area (Å²) in [6.45, 7) is -0.132. The molecule has 5 nitrogen and oxygen atoms in total. The number of benzene rings is 2. The van der Waals surface area contributed by atoms with Gasteiger partial charge in [-0.1, -0.05) is 3.89 Å². The first kappa shape index (κ1) is 15.0. The molecule has 2 aromatic rings. The molecule has 0 saturated heterocycles. The van der Waals surface area contributed by atoms with Crippen LogP contribution in [0.3, 0.4) is 0 Å². The highest BCUT2D eigenvalue weighted by Crippen LogP contribution is 2.19. The maximum atomic E-state index is 12.7. The fraction of sp³-hybridized carbons (Fsp3) is 0.0769. The van der Waals surface area contributed by atoms with Gasteiger partial charge in [0.05, 0.1) is 0 Å². The Morgan fingerprint density at radius 1 is 0.810 bits per heavy atom. The Balaban J connectivity index is 1.85. The van der Waals surface area contributed by atoms with Crippen LogP contribution in [0.4, 0.5) is 8.28 Å². The Bertz CT molecular complexity index is 684. The standard InChI is InChI=1S/C13H10F2O5S/c14-10-1-3-11(4-2-10)18-9-19-12-5-7-13(8-6-12)20-21(15,16)17/h1-8H,9H2. The van der Waals surface area contributed by atoms with E-state index in [1.54, 1.807) is 0 Å². The van der Waals surface area contributed by atoms with Gasteiger partial charge in [0.25, 0.3) is 0 Å². The van der Waals surface area contributed by atoms with Crippen LogP contribution in [0.2, 0.25) is 0 Å². The van der Waals surface area contributed by atoms with Gasteiger partial charge in [-0.3, -0.25) is 0 Å². The molecule has 2 aromatic carbocycles. The summed E-state index contributed by atoms with van der Waals surface area (Å²) < 4.78 is 59.9. The van der Waals surface area contributed by atoms with Crippen molar-refractivity contribution in [1.29, 1.82) is 0 Å². The van der Waals surface area contributed by atoms with Gasteiger partial charge in [0.1, 0.15) is 23.1 Å². The summed E-state index contributed by atoms with van der Waals surface area (Å²) in [5.41, 5.74) is 0. The molecule has 0 spiro atoms. The summed E-state index contributed by atoms with van der Waals surface area (Å²) >= 11 is 0. The van der Waals surface area contributed by atoms with E-state index in [-0.39, 0.29) is 18.4 Å². The third-order valence-electron chi connectivity index (χ3n) is 2.28. The minimum atomic E-state index is -5.04. The Morgan fingerprint density at radius 2 is 1.24 bits per heavy atom. The van der Waals surface area contributed by atoms with Crippen molar-refractivity contribution in [2.24, 2.45) is 0 Å². The predicted octanol–water partition coefficient (Wildman–Crippen LogP) is 2.83. The Kier molecular flexibility index (Phi) is 4.59. The van der Waals surface area contributed by atoms with Crippen LogP contribution >= 0.6 is 0 Å². The summed E-state index contributed by atoms with van der Waals surface area (Å²) in [5, 5.41) is 0. The molecule has 0 bridgehead atoms. The van der Waals surface area contributed by atoms with Crippen LogP contribution in [0.25, 0.3) is 0 Å². The van der Waals surface area contributed by atoms with Crippen LogP contribution in [0.1, 0.15) is 0 Å². The number of hydrogen-bond acceptors (Lipinski definition) is 5. The van der Waals surface area contributed by atoms with Gasteiger partial charge in [0.15, 0.2) is 0 Å². The van der Waals surface area contributed by atoms with E-state index in [4.69, 9.17) is 9.47 Å². The highest BCUT2D eigenvalue weighted by atomic mass is 32.3. The lowest BCUT2D eigenvalue weighted by Crippen LogP contribution is -2.05. The molecule has 0 aliphatic carbocycles. The van der Waals surface area contributed by atoms with Crippen molar-refractivity contribution in [3.8, 4) is 17.2 Å². The summed E-state index contributed by atoms with van der Waals surface area (Å²) in [6.07, 6.45) is 0. The highest BCUT2D eigenvalue weighted by Gasteiger charge is 2.09. The molecule has 0 N–H and O–H groups in total. The lowest BCUT2D eigenvalue weighted by molar-refractivity contribution is 0.119. The molecule has 0 unspecified atom stereocenters.